The Morgan fingerprint density at radius 2 is 2.00 bits per heavy atom. The fourth-order valence-electron chi connectivity index (χ4n) is 0.479. The number of likely N-dealkylation sites (N-methyl/N-ethyl adjacent to an activating group) is 1. The molecule has 1 aliphatic rings. The topological polar surface area (TPSA) is 37.4 Å². The van der Waals surface area contributed by atoms with Gasteiger partial charge in [-0.05, 0) is 11.8 Å². The Balaban J connectivity index is 2.92. The molecule has 0 spiro atoms. The van der Waals surface area contributed by atoms with Crippen LogP contribution in [0, 0.1) is 0 Å². The van der Waals surface area contributed by atoms with Gasteiger partial charge in [0.05, 0.1) is 0 Å². The Kier molecular flexibility index (Phi) is 1.87. The minimum atomic E-state index is -1.41. The SMILES string of the molecule is CN1C(=O)C(=O)SC1(Cl)Cl. The van der Waals surface area contributed by atoms with Crippen LogP contribution in [-0.4, -0.2) is 26.8 Å². The molecule has 1 amide bonds. The third kappa shape index (κ3) is 1.11. The minimum Gasteiger partial charge on any atom is -0.298 e. The summed E-state index contributed by atoms with van der Waals surface area (Å²) in [4.78, 5) is 22.3. The van der Waals surface area contributed by atoms with Crippen molar-refractivity contribution in [3.05, 3.63) is 0 Å². The van der Waals surface area contributed by atoms with Crippen molar-refractivity contribution in [1.82, 2.24) is 4.90 Å². The van der Waals surface area contributed by atoms with Gasteiger partial charge in [-0.3, -0.25) is 14.5 Å². The molecular weight excluding hydrogens is 197 g/mol. The van der Waals surface area contributed by atoms with Gasteiger partial charge in [0.1, 0.15) is 0 Å². The molecule has 1 rings (SSSR count). The van der Waals surface area contributed by atoms with Gasteiger partial charge < -0.3 is 0 Å². The highest BCUT2D eigenvalue weighted by molar-refractivity contribution is 8.19. The lowest BCUT2D eigenvalue weighted by Gasteiger charge is -2.18. The van der Waals surface area contributed by atoms with Gasteiger partial charge in [0.25, 0.3) is 5.12 Å². The average molecular weight is 200 g/mol. The maximum atomic E-state index is 10.7. The van der Waals surface area contributed by atoms with Crippen molar-refractivity contribution in [2.75, 3.05) is 7.05 Å². The van der Waals surface area contributed by atoms with E-state index in [0.29, 0.717) is 11.8 Å². The maximum absolute atomic E-state index is 10.7. The Hall–Kier alpha value is 0.0700. The van der Waals surface area contributed by atoms with Gasteiger partial charge in [0.2, 0.25) is 3.79 Å². The molecule has 0 aromatic rings. The molecule has 6 heteroatoms. The number of amides is 1. The molecule has 0 saturated carbocycles. The van der Waals surface area contributed by atoms with Gasteiger partial charge in [-0.15, -0.1) is 0 Å². The molecule has 10 heavy (non-hydrogen) atoms. The summed E-state index contributed by atoms with van der Waals surface area (Å²) in [6, 6.07) is 0. The molecule has 1 heterocycles. The standard InChI is InChI=1S/C4H3Cl2NO2S/c1-7-2(8)3(9)10-4(7,5)6/h1H3. The molecule has 0 radical (unpaired) electrons. The summed E-state index contributed by atoms with van der Waals surface area (Å²) in [5, 5.41) is -0.618. The fourth-order valence-corrected chi connectivity index (χ4v) is 1.72. The first-order chi connectivity index (χ1) is 4.45. The van der Waals surface area contributed by atoms with Crippen molar-refractivity contribution in [1.29, 1.82) is 0 Å². The summed E-state index contributed by atoms with van der Waals surface area (Å²) in [6.07, 6.45) is 0. The highest BCUT2D eigenvalue weighted by atomic mass is 35.5. The first-order valence-electron chi connectivity index (χ1n) is 2.34. The Bertz CT molecular complexity index is 205. The van der Waals surface area contributed by atoms with E-state index in [0.717, 1.165) is 4.90 Å². The number of alkyl halides is 2. The summed E-state index contributed by atoms with van der Waals surface area (Å²) in [5.74, 6) is -0.657. The van der Waals surface area contributed by atoms with Crippen LogP contribution < -0.4 is 0 Å². The van der Waals surface area contributed by atoms with Crippen LogP contribution in [0.1, 0.15) is 0 Å². The predicted octanol–water partition coefficient (Wildman–Crippen LogP) is 0.807. The van der Waals surface area contributed by atoms with E-state index in [1.54, 1.807) is 0 Å². The van der Waals surface area contributed by atoms with E-state index in [2.05, 4.69) is 0 Å². The van der Waals surface area contributed by atoms with Crippen LogP contribution in [0.2, 0.25) is 0 Å². The van der Waals surface area contributed by atoms with Crippen LogP contribution in [-0.2, 0) is 9.59 Å². The van der Waals surface area contributed by atoms with Crippen LogP contribution >= 0.6 is 35.0 Å². The van der Waals surface area contributed by atoms with Crippen LogP contribution in [0.4, 0.5) is 0 Å². The number of carbonyl (C=O) groups is 2. The number of hydrogen-bond donors (Lipinski definition) is 0. The van der Waals surface area contributed by atoms with Crippen molar-refractivity contribution in [3.63, 3.8) is 0 Å². The first kappa shape index (κ1) is 8.17. The van der Waals surface area contributed by atoms with Crippen molar-refractivity contribution in [3.8, 4) is 0 Å². The van der Waals surface area contributed by atoms with Gasteiger partial charge in [0.15, 0.2) is 0 Å². The second-order valence-electron chi connectivity index (χ2n) is 1.74. The van der Waals surface area contributed by atoms with Gasteiger partial charge in [-0.1, -0.05) is 23.2 Å². The fraction of sp³-hybridized carbons (Fsp3) is 0.500. The second kappa shape index (κ2) is 2.29. The van der Waals surface area contributed by atoms with Gasteiger partial charge >= 0.3 is 5.91 Å². The first-order valence-corrected chi connectivity index (χ1v) is 3.91. The zero-order valence-electron chi connectivity index (χ0n) is 4.93. The molecule has 0 N–H and O–H groups in total. The summed E-state index contributed by atoms with van der Waals surface area (Å²) < 4.78 is -1.41. The van der Waals surface area contributed by atoms with E-state index in [4.69, 9.17) is 23.2 Å². The zero-order chi connectivity index (χ0) is 7.94. The van der Waals surface area contributed by atoms with Crippen LogP contribution in [0.3, 0.4) is 0 Å². The summed E-state index contributed by atoms with van der Waals surface area (Å²) >= 11 is 11.6. The molecule has 1 fully saturated rings. The van der Waals surface area contributed by atoms with Crippen molar-refractivity contribution >= 4 is 46.0 Å². The molecule has 56 valence electrons. The normalized spacial score (nSPS) is 24.1. The lowest BCUT2D eigenvalue weighted by molar-refractivity contribution is -0.138. The van der Waals surface area contributed by atoms with Crippen LogP contribution in [0.25, 0.3) is 0 Å². The van der Waals surface area contributed by atoms with E-state index in [9.17, 15) is 9.59 Å². The van der Waals surface area contributed by atoms with Crippen molar-refractivity contribution in [2.24, 2.45) is 0 Å². The average Bonchev–Trinajstić information content (AvgIpc) is 1.95. The van der Waals surface area contributed by atoms with E-state index in [-0.39, 0.29) is 0 Å². The number of carbonyl (C=O) groups excluding carboxylic acids is 2. The number of halogens is 2. The highest BCUT2D eigenvalue weighted by Crippen LogP contribution is 2.43. The van der Waals surface area contributed by atoms with Gasteiger partial charge in [0, 0.05) is 7.05 Å². The summed E-state index contributed by atoms with van der Waals surface area (Å²) in [7, 11) is 1.38. The van der Waals surface area contributed by atoms with Gasteiger partial charge in [-0.2, -0.15) is 0 Å². The number of thioether (sulfide) groups is 1. The lowest BCUT2D eigenvalue weighted by atomic mass is 10.6. The molecule has 1 saturated heterocycles. The van der Waals surface area contributed by atoms with E-state index < -0.39 is 14.8 Å². The highest BCUT2D eigenvalue weighted by Gasteiger charge is 2.47. The van der Waals surface area contributed by atoms with Crippen molar-refractivity contribution in [2.45, 2.75) is 3.79 Å². The molecule has 1 aliphatic heterocycles. The van der Waals surface area contributed by atoms with Crippen molar-refractivity contribution < 1.29 is 9.59 Å². The Morgan fingerprint density at radius 1 is 1.50 bits per heavy atom. The summed E-state index contributed by atoms with van der Waals surface area (Å²) in [6.45, 7) is 0. The third-order valence-electron chi connectivity index (χ3n) is 1.09. The van der Waals surface area contributed by atoms with Crippen LogP contribution in [0.5, 0.6) is 0 Å². The largest absolute Gasteiger partial charge is 0.304 e. The number of nitrogens with zero attached hydrogens (tertiary/aromatic N) is 1. The molecule has 3 nitrogen and oxygen atoms in total. The molecule has 0 bridgehead atoms. The lowest BCUT2D eigenvalue weighted by Crippen LogP contribution is -2.32. The minimum absolute atomic E-state index is 0.607. The monoisotopic (exact) mass is 199 g/mol. The molecule has 0 unspecified atom stereocenters. The van der Waals surface area contributed by atoms with E-state index in [1.807, 2.05) is 0 Å². The zero-order valence-corrected chi connectivity index (χ0v) is 7.26. The molecule has 0 aromatic heterocycles. The smallest absolute Gasteiger partial charge is 0.298 e. The maximum Gasteiger partial charge on any atom is 0.304 e. The second-order valence-corrected chi connectivity index (χ2v) is 4.64. The molecule has 0 aliphatic carbocycles. The Morgan fingerprint density at radius 3 is 2.10 bits per heavy atom. The van der Waals surface area contributed by atoms with E-state index in [1.165, 1.54) is 7.05 Å². The third-order valence-corrected chi connectivity index (χ3v) is 2.93. The number of hydrogen-bond acceptors (Lipinski definition) is 3. The van der Waals surface area contributed by atoms with Crippen LogP contribution in [0.15, 0.2) is 0 Å². The predicted molar refractivity (Wildman–Crippen MR) is 39.8 cm³/mol. The molecule has 0 atom stereocenters. The number of rotatable bonds is 0. The molecule has 0 aromatic carbocycles. The summed E-state index contributed by atoms with van der Waals surface area (Å²) in [5.41, 5.74) is 0. The molecular formula is C4H3Cl2NO2S. The quantitative estimate of drug-likeness (QED) is 0.330. The van der Waals surface area contributed by atoms with E-state index >= 15 is 0 Å². The van der Waals surface area contributed by atoms with Gasteiger partial charge in [-0.25, -0.2) is 0 Å². The Labute approximate surface area is 71.6 Å².